The van der Waals surface area contributed by atoms with Crippen LogP contribution in [0.4, 0.5) is 0 Å². The quantitative estimate of drug-likeness (QED) is 0.830. The van der Waals surface area contributed by atoms with Gasteiger partial charge in [0, 0.05) is 12.1 Å². The molecule has 0 saturated carbocycles. The molecular weight excluding hydrogens is 220 g/mol. The molecule has 0 heterocycles. The summed E-state index contributed by atoms with van der Waals surface area (Å²) in [5.74, 6) is 0. The Morgan fingerprint density at radius 1 is 1.33 bits per heavy atom. The molecule has 2 atom stereocenters. The van der Waals surface area contributed by atoms with E-state index in [-0.39, 0.29) is 0 Å². The van der Waals surface area contributed by atoms with Crippen LogP contribution in [0.25, 0.3) is 0 Å². The van der Waals surface area contributed by atoms with Crippen molar-refractivity contribution in [3.05, 3.63) is 35.4 Å². The molecule has 0 radical (unpaired) electrons. The van der Waals surface area contributed by atoms with Crippen LogP contribution in [0.5, 0.6) is 0 Å². The van der Waals surface area contributed by atoms with E-state index in [4.69, 9.17) is 0 Å². The molecule has 0 aromatic heterocycles. The minimum Gasteiger partial charge on any atom is -0.309 e. The van der Waals surface area contributed by atoms with Gasteiger partial charge in [-0.1, -0.05) is 24.3 Å². The maximum absolute atomic E-state index is 3.79. The third-order valence-corrected chi connectivity index (χ3v) is 3.86. The minimum atomic E-state index is 0.579. The zero-order valence-electron chi connectivity index (χ0n) is 11.9. The average Bonchev–Trinajstić information content (AvgIpc) is 2.72. The third-order valence-electron chi connectivity index (χ3n) is 3.86. The van der Waals surface area contributed by atoms with Gasteiger partial charge in [0.1, 0.15) is 0 Å². The molecule has 1 aliphatic rings. The molecule has 0 unspecified atom stereocenters. The first-order chi connectivity index (χ1) is 8.66. The fourth-order valence-electron chi connectivity index (χ4n) is 2.87. The zero-order valence-corrected chi connectivity index (χ0v) is 11.9. The summed E-state index contributed by atoms with van der Waals surface area (Å²) in [6.45, 7) is 3.50. The van der Waals surface area contributed by atoms with Crippen LogP contribution in [0.15, 0.2) is 24.3 Å². The summed E-state index contributed by atoms with van der Waals surface area (Å²) in [5, 5.41) is 3.79. The molecule has 0 amide bonds. The summed E-state index contributed by atoms with van der Waals surface area (Å²) in [5.41, 5.74) is 3.06. The second kappa shape index (κ2) is 6.35. The predicted molar refractivity (Wildman–Crippen MR) is 77.9 cm³/mol. The van der Waals surface area contributed by atoms with Crippen molar-refractivity contribution in [1.82, 2.24) is 10.2 Å². The lowest BCUT2D eigenvalue weighted by atomic mass is 10.1. The second-order valence-electron chi connectivity index (χ2n) is 5.80. The Morgan fingerprint density at radius 3 is 2.89 bits per heavy atom. The maximum Gasteiger partial charge on any atom is 0.0328 e. The van der Waals surface area contributed by atoms with E-state index in [1.807, 2.05) is 0 Å². The highest BCUT2D eigenvalue weighted by Crippen LogP contribution is 2.31. The lowest BCUT2D eigenvalue weighted by molar-refractivity contribution is 0.363. The average molecular weight is 246 g/mol. The lowest BCUT2D eigenvalue weighted by Gasteiger charge is -2.21. The van der Waals surface area contributed by atoms with Gasteiger partial charge < -0.3 is 10.2 Å². The molecule has 2 nitrogen and oxygen atoms in total. The number of hydrogen-bond acceptors (Lipinski definition) is 2. The van der Waals surface area contributed by atoms with Gasteiger partial charge in [-0.2, -0.15) is 0 Å². The van der Waals surface area contributed by atoms with E-state index in [0.29, 0.717) is 12.1 Å². The summed E-state index contributed by atoms with van der Waals surface area (Å²) in [6, 6.07) is 10.1. The summed E-state index contributed by atoms with van der Waals surface area (Å²) in [7, 11) is 4.29. The molecule has 100 valence electrons. The van der Waals surface area contributed by atoms with Crippen molar-refractivity contribution in [3.8, 4) is 0 Å². The van der Waals surface area contributed by atoms with E-state index >= 15 is 0 Å². The van der Waals surface area contributed by atoms with Crippen LogP contribution in [0.3, 0.4) is 0 Å². The monoisotopic (exact) mass is 246 g/mol. The van der Waals surface area contributed by atoms with Gasteiger partial charge in [0.05, 0.1) is 0 Å². The van der Waals surface area contributed by atoms with Gasteiger partial charge in [0.25, 0.3) is 0 Å². The molecule has 18 heavy (non-hydrogen) atoms. The molecule has 0 spiro atoms. The molecule has 2 heteroatoms. The Bertz CT molecular complexity index is 373. The maximum atomic E-state index is 3.79. The van der Waals surface area contributed by atoms with Crippen LogP contribution in [0.2, 0.25) is 0 Å². The van der Waals surface area contributed by atoms with Crippen LogP contribution >= 0.6 is 0 Å². The smallest absolute Gasteiger partial charge is 0.0328 e. The Labute approximate surface area is 111 Å². The molecule has 1 aliphatic carbocycles. The highest BCUT2D eigenvalue weighted by Gasteiger charge is 2.22. The Morgan fingerprint density at radius 2 is 2.11 bits per heavy atom. The number of benzene rings is 1. The Hall–Kier alpha value is -0.860. The second-order valence-corrected chi connectivity index (χ2v) is 5.80. The summed E-state index contributed by atoms with van der Waals surface area (Å²) < 4.78 is 0. The predicted octanol–water partition coefficient (Wildman–Crippen LogP) is 2.99. The number of nitrogens with zero attached hydrogens (tertiary/aromatic N) is 1. The van der Waals surface area contributed by atoms with E-state index in [1.54, 1.807) is 0 Å². The van der Waals surface area contributed by atoms with Gasteiger partial charge in [-0.25, -0.2) is 0 Å². The van der Waals surface area contributed by atoms with Crippen LogP contribution < -0.4 is 5.32 Å². The van der Waals surface area contributed by atoms with Gasteiger partial charge in [-0.15, -0.1) is 0 Å². The highest BCUT2D eigenvalue weighted by atomic mass is 15.0. The van der Waals surface area contributed by atoms with E-state index in [0.717, 1.165) is 0 Å². The first-order valence-electron chi connectivity index (χ1n) is 7.15. The van der Waals surface area contributed by atoms with E-state index < -0.39 is 0 Å². The summed E-state index contributed by atoms with van der Waals surface area (Å²) >= 11 is 0. The van der Waals surface area contributed by atoms with Gasteiger partial charge in [0.15, 0.2) is 0 Å². The van der Waals surface area contributed by atoms with E-state index in [9.17, 15) is 0 Å². The minimum absolute atomic E-state index is 0.579. The largest absolute Gasteiger partial charge is 0.309 e. The van der Waals surface area contributed by atoms with Crippen molar-refractivity contribution >= 4 is 0 Å². The molecule has 1 N–H and O–H groups in total. The van der Waals surface area contributed by atoms with Crippen molar-refractivity contribution in [2.24, 2.45) is 0 Å². The standard InChI is InChI=1S/C16H26N2/c1-13(7-6-12-18(2)3)17-16-11-10-14-8-4-5-9-15(14)16/h4-5,8-9,13,16-17H,6-7,10-12H2,1-3H3/t13-,16-/m1/s1. The molecule has 0 fully saturated rings. The lowest BCUT2D eigenvalue weighted by Crippen LogP contribution is -2.30. The number of hydrogen-bond donors (Lipinski definition) is 1. The van der Waals surface area contributed by atoms with Crippen LogP contribution in [-0.4, -0.2) is 31.6 Å². The molecule has 2 rings (SSSR count). The fourth-order valence-corrected chi connectivity index (χ4v) is 2.87. The molecule has 0 saturated heterocycles. The first kappa shape index (κ1) is 13.6. The van der Waals surface area contributed by atoms with Crippen molar-refractivity contribution in [2.45, 2.75) is 44.7 Å². The zero-order chi connectivity index (χ0) is 13.0. The Balaban J connectivity index is 1.80. The van der Waals surface area contributed by atoms with Crippen LogP contribution in [0, 0.1) is 0 Å². The van der Waals surface area contributed by atoms with Crippen molar-refractivity contribution in [3.63, 3.8) is 0 Å². The van der Waals surface area contributed by atoms with Gasteiger partial charge >= 0.3 is 0 Å². The third kappa shape index (κ3) is 3.56. The molecule has 1 aromatic carbocycles. The molecule has 1 aromatic rings. The number of aryl methyl sites for hydroxylation is 1. The van der Waals surface area contributed by atoms with Crippen molar-refractivity contribution in [2.75, 3.05) is 20.6 Å². The summed E-state index contributed by atoms with van der Waals surface area (Å²) in [4.78, 5) is 2.26. The van der Waals surface area contributed by atoms with Gasteiger partial charge in [-0.3, -0.25) is 0 Å². The van der Waals surface area contributed by atoms with E-state index in [1.165, 1.54) is 43.4 Å². The SMILES string of the molecule is C[C@H](CCCN(C)C)N[C@@H]1CCc2ccccc21. The van der Waals surface area contributed by atoms with Gasteiger partial charge in [-0.05, 0) is 64.4 Å². The van der Waals surface area contributed by atoms with E-state index in [2.05, 4.69) is 55.5 Å². The van der Waals surface area contributed by atoms with Crippen molar-refractivity contribution in [1.29, 1.82) is 0 Å². The fraction of sp³-hybridized carbons (Fsp3) is 0.625. The highest BCUT2D eigenvalue weighted by molar-refractivity contribution is 5.34. The Kier molecular flexibility index (Phi) is 4.79. The first-order valence-corrected chi connectivity index (χ1v) is 7.15. The number of nitrogens with one attached hydrogen (secondary N) is 1. The van der Waals surface area contributed by atoms with Gasteiger partial charge in [0.2, 0.25) is 0 Å². The molecular formula is C16H26N2. The molecule has 0 bridgehead atoms. The topological polar surface area (TPSA) is 15.3 Å². The molecule has 0 aliphatic heterocycles. The normalized spacial score (nSPS) is 20.1. The number of fused-ring (bicyclic) bond motifs is 1. The summed E-state index contributed by atoms with van der Waals surface area (Å²) in [6.07, 6.45) is 5.03. The van der Waals surface area contributed by atoms with Crippen molar-refractivity contribution < 1.29 is 0 Å². The van der Waals surface area contributed by atoms with Crippen LogP contribution in [0.1, 0.15) is 43.4 Å². The number of rotatable bonds is 6. The van der Waals surface area contributed by atoms with Crippen LogP contribution in [-0.2, 0) is 6.42 Å².